The summed E-state index contributed by atoms with van der Waals surface area (Å²) in [5.41, 5.74) is 7.34. The van der Waals surface area contributed by atoms with E-state index in [1.54, 1.807) is 0 Å². The van der Waals surface area contributed by atoms with Crippen LogP contribution in [0.25, 0.3) is 0 Å². The first-order valence-electron chi connectivity index (χ1n) is 7.74. The molecular formula is C16H22ClN3O2. The van der Waals surface area contributed by atoms with E-state index < -0.39 is 0 Å². The van der Waals surface area contributed by atoms with Crippen molar-refractivity contribution in [2.75, 3.05) is 13.2 Å². The van der Waals surface area contributed by atoms with Crippen LogP contribution in [0.5, 0.6) is 0 Å². The molecule has 5 nitrogen and oxygen atoms in total. The normalized spacial score (nSPS) is 32.2. The van der Waals surface area contributed by atoms with E-state index in [1.807, 2.05) is 43.0 Å². The highest BCUT2D eigenvalue weighted by Crippen LogP contribution is 2.29. The second-order valence-electron chi connectivity index (χ2n) is 6.13. The minimum atomic E-state index is -0.228. The predicted octanol–water partition coefficient (Wildman–Crippen LogP) is 1.88. The van der Waals surface area contributed by atoms with Gasteiger partial charge in [0.05, 0.1) is 18.8 Å². The van der Waals surface area contributed by atoms with Crippen molar-refractivity contribution < 1.29 is 9.53 Å². The number of hydrogen-bond donors (Lipinski definition) is 2. The molecule has 6 heteroatoms. The average molecular weight is 324 g/mol. The number of amides is 1. The second-order valence-corrected chi connectivity index (χ2v) is 6.54. The largest absolute Gasteiger partial charge is 0.375 e. The van der Waals surface area contributed by atoms with E-state index in [4.69, 9.17) is 16.3 Å². The van der Waals surface area contributed by atoms with Gasteiger partial charge in [0.1, 0.15) is 6.04 Å². The minimum Gasteiger partial charge on any atom is -0.375 e. The van der Waals surface area contributed by atoms with Crippen molar-refractivity contribution in [3.63, 3.8) is 0 Å². The molecule has 0 radical (unpaired) electrons. The van der Waals surface area contributed by atoms with E-state index in [0.29, 0.717) is 19.6 Å². The lowest BCUT2D eigenvalue weighted by Gasteiger charge is -2.38. The van der Waals surface area contributed by atoms with Crippen molar-refractivity contribution in [2.45, 2.75) is 44.5 Å². The molecule has 2 saturated heterocycles. The third-order valence-electron chi connectivity index (χ3n) is 4.37. The summed E-state index contributed by atoms with van der Waals surface area (Å²) in [6.07, 6.45) is 0.787. The zero-order valence-corrected chi connectivity index (χ0v) is 13.6. The van der Waals surface area contributed by atoms with Gasteiger partial charge in [-0.15, -0.1) is 0 Å². The molecule has 0 saturated carbocycles. The van der Waals surface area contributed by atoms with Crippen LogP contribution < -0.4 is 10.9 Å². The van der Waals surface area contributed by atoms with Gasteiger partial charge in [0.2, 0.25) is 5.91 Å². The molecule has 0 aliphatic carbocycles. The van der Waals surface area contributed by atoms with Crippen LogP contribution >= 0.6 is 11.6 Å². The van der Waals surface area contributed by atoms with Gasteiger partial charge in [-0.2, -0.15) is 0 Å². The first kappa shape index (κ1) is 15.7. The lowest BCUT2D eigenvalue weighted by molar-refractivity contribution is -0.145. The number of halogens is 1. The van der Waals surface area contributed by atoms with Crippen molar-refractivity contribution >= 4 is 17.5 Å². The van der Waals surface area contributed by atoms with Crippen LogP contribution in [-0.2, 0) is 9.53 Å². The molecule has 3 rings (SSSR count). The molecule has 2 fully saturated rings. The van der Waals surface area contributed by atoms with Gasteiger partial charge in [0, 0.05) is 17.6 Å². The van der Waals surface area contributed by atoms with Crippen molar-refractivity contribution in [3.05, 3.63) is 34.9 Å². The van der Waals surface area contributed by atoms with E-state index in [2.05, 4.69) is 10.9 Å². The zero-order chi connectivity index (χ0) is 15.7. The van der Waals surface area contributed by atoms with Crippen LogP contribution in [0.3, 0.4) is 0 Å². The Hall–Kier alpha value is -1.14. The molecule has 2 N–H and O–H groups in total. The molecule has 22 heavy (non-hydrogen) atoms. The molecule has 2 aliphatic rings. The highest BCUT2D eigenvalue weighted by molar-refractivity contribution is 6.31. The summed E-state index contributed by atoms with van der Waals surface area (Å²) in [6, 6.07) is 7.68. The second kappa shape index (κ2) is 6.54. The molecule has 0 aromatic heterocycles. The molecule has 2 aliphatic heterocycles. The Kier molecular flexibility index (Phi) is 4.68. The summed E-state index contributed by atoms with van der Waals surface area (Å²) in [6.45, 7) is 5.27. The molecule has 1 aromatic carbocycles. The van der Waals surface area contributed by atoms with E-state index in [0.717, 1.165) is 10.6 Å². The average Bonchev–Trinajstić information content (AvgIpc) is 2.99. The highest BCUT2D eigenvalue weighted by Gasteiger charge is 2.37. The van der Waals surface area contributed by atoms with Crippen LogP contribution in [0.2, 0.25) is 5.02 Å². The third kappa shape index (κ3) is 3.13. The number of ether oxygens (including phenoxy) is 1. The number of benzene rings is 1. The minimum absolute atomic E-state index is 0.0522. The number of hydrazine groups is 1. The zero-order valence-electron chi connectivity index (χ0n) is 12.9. The molecule has 0 bridgehead atoms. The molecule has 1 aromatic rings. The summed E-state index contributed by atoms with van der Waals surface area (Å²) in [5, 5.41) is 0.725. The lowest BCUT2D eigenvalue weighted by atomic mass is 10.0. The Morgan fingerprint density at radius 3 is 2.86 bits per heavy atom. The van der Waals surface area contributed by atoms with E-state index in [-0.39, 0.29) is 30.1 Å². The van der Waals surface area contributed by atoms with E-state index in [1.165, 1.54) is 0 Å². The fraction of sp³-hybridized carbons (Fsp3) is 0.562. The van der Waals surface area contributed by atoms with Crippen molar-refractivity contribution in [3.8, 4) is 0 Å². The number of hydrogen-bond acceptors (Lipinski definition) is 4. The molecule has 0 spiro atoms. The van der Waals surface area contributed by atoms with Gasteiger partial charge in [-0.05, 0) is 31.9 Å². The Labute approximate surface area is 135 Å². The Balaban J connectivity index is 1.67. The van der Waals surface area contributed by atoms with Gasteiger partial charge >= 0.3 is 0 Å². The molecule has 120 valence electrons. The fourth-order valence-electron chi connectivity index (χ4n) is 3.09. The number of nitrogens with one attached hydrogen (secondary N) is 2. The maximum atomic E-state index is 12.8. The Morgan fingerprint density at radius 2 is 2.09 bits per heavy atom. The van der Waals surface area contributed by atoms with Crippen molar-refractivity contribution in [1.29, 1.82) is 0 Å². The number of nitrogens with zero attached hydrogens (tertiary/aromatic N) is 1. The van der Waals surface area contributed by atoms with Gasteiger partial charge in [-0.1, -0.05) is 29.8 Å². The quantitative estimate of drug-likeness (QED) is 0.872. The van der Waals surface area contributed by atoms with Crippen LogP contribution in [0, 0.1) is 0 Å². The van der Waals surface area contributed by atoms with Crippen LogP contribution in [0.15, 0.2) is 24.3 Å². The first-order valence-corrected chi connectivity index (χ1v) is 8.11. The molecule has 1 amide bonds. The summed E-state index contributed by atoms with van der Waals surface area (Å²) in [4.78, 5) is 14.7. The van der Waals surface area contributed by atoms with Crippen LogP contribution in [0.4, 0.5) is 0 Å². The summed E-state index contributed by atoms with van der Waals surface area (Å²) in [5.74, 6) is 0.129. The Bertz CT molecular complexity index is 554. The molecular weight excluding hydrogens is 302 g/mol. The van der Waals surface area contributed by atoms with Crippen LogP contribution in [0.1, 0.15) is 31.9 Å². The van der Waals surface area contributed by atoms with Gasteiger partial charge in [-0.25, -0.2) is 10.9 Å². The topological polar surface area (TPSA) is 53.6 Å². The molecule has 4 atom stereocenters. The summed E-state index contributed by atoms with van der Waals surface area (Å²) >= 11 is 6.24. The van der Waals surface area contributed by atoms with Gasteiger partial charge < -0.3 is 9.64 Å². The highest BCUT2D eigenvalue weighted by atomic mass is 35.5. The van der Waals surface area contributed by atoms with Gasteiger partial charge in [0.15, 0.2) is 0 Å². The first-order chi connectivity index (χ1) is 10.6. The number of carbonyl (C=O) groups is 1. The Morgan fingerprint density at radius 1 is 1.32 bits per heavy atom. The van der Waals surface area contributed by atoms with E-state index in [9.17, 15) is 4.79 Å². The van der Waals surface area contributed by atoms with Crippen molar-refractivity contribution in [2.24, 2.45) is 0 Å². The lowest BCUT2D eigenvalue weighted by Crippen LogP contribution is -2.55. The van der Waals surface area contributed by atoms with Crippen LogP contribution in [-0.4, -0.2) is 42.1 Å². The number of rotatable bonds is 2. The maximum Gasteiger partial charge on any atom is 0.241 e. The predicted molar refractivity (Wildman–Crippen MR) is 85.5 cm³/mol. The third-order valence-corrected chi connectivity index (χ3v) is 4.72. The number of morpholine rings is 1. The van der Waals surface area contributed by atoms with Gasteiger partial charge in [-0.3, -0.25) is 4.79 Å². The molecule has 2 heterocycles. The summed E-state index contributed by atoms with van der Waals surface area (Å²) in [7, 11) is 0. The fourth-order valence-corrected chi connectivity index (χ4v) is 3.36. The summed E-state index contributed by atoms with van der Waals surface area (Å²) < 4.78 is 5.59. The standard InChI is InChI=1S/C16H22ClN3O2/c1-10-9-22-11(2)8-20(10)16(21)15-7-14(18-19-15)12-5-3-4-6-13(12)17/h3-6,10-11,14-15,18-19H,7-9H2,1-2H3. The maximum absolute atomic E-state index is 12.8. The van der Waals surface area contributed by atoms with Gasteiger partial charge in [0.25, 0.3) is 0 Å². The number of carbonyl (C=O) groups excluding carboxylic acids is 1. The van der Waals surface area contributed by atoms with Crippen molar-refractivity contribution in [1.82, 2.24) is 15.8 Å². The molecule has 4 unspecified atom stereocenters. The van der Waals surface area contributed by atoms with E-state index >= 15 is 0 Å². The SMILES string of the molecule is CC1CN(C(=O)C2CC(c3ccccc3Cl)NN2)C(C)CO1. The smallest absolute Gasteiger partial charge is 0.241 e. The monoisotopic (exact) mass is 323 g/mol.